The summed E-state index contributed by atoms with van der Waals surface area (Å²) in [6.45, 7) is 7.96. The Morgan fingerprint density at radius 1 is 1.18 bits per heavy atom. The number of benzene rings is 1. The van der Waals surface area contributed by atoms with E-state index in [1.165, 1.54) is 51.0 Å². The molecule has 2 saturated heterocycles. The van der Waals surface area contributed by atoms with Crippen LogP contribution < -0.4 is 5.32 Å². The Bertz CT molecular complexity index is 503. The normalized spacial score (nSPS) is 21.3. The van der Waals surface area contributed by atoms with Crippen molar-refractivity contribution >= 4 is 5.78 Å². The van der Waals surface area contributed by atoms with Gasteiger partial charge in [0.2, 0.25) is 0 Å². The van der Waals surface area contributed by atoms with E-state index in [1.807, 2.05) is 24.3 Å². The van der Waals surface area contributed by atoms with Crippen LogP contribution in [0.15, 0.2) is 24.3 Å². The molecule has 2 fully saturated rings. The topological polar surface area (TPSA) is 32.3 Å². The van der Waals surface area contributed by atoms with Gasteiger partial charge in [0.25, 0.3) is 0 Å². The number of hydrogen-bond donors (Lipinski definition) is 1. The van der Waals surface area contributed by atoms with Crippen LogP contribution in [0.4, 0.5) is 0 Å². The van der Waals surface area contributed by atoms with E-state index in [0.29, 0.717) is 11.8 Å². The lowest BCUT2D eigenvalue weighted by molar-refractivity contribution is 0.0975. The monoisotopic (exact) mass is 300 g/mol. The first-order valence-corrected chi connectivity index (χ1v) is 8.70. The second-order valence-electron chi connectivity index (χ2n) is 7.17. The molecule has 0 bridgehead atoms. The van der Waals surface area contributed by atoms with Gasteiger partial charge in [-0.25, -0.2) is 0 Å². The first-order valence-electron chi connectivity index (χ1n) is 8.70. The lowest BCUT2D eigenvalue weighted by atomic mass is 9.78. The number of likely N-dealkylation sites (tertiary alicyclic amines) is 1. The number of carbonyl (C=O) groups is 1. The van der Waals surface area contributed by atoms with Gasteiger partial charge in [0.1, 0.15) is 0 Å². The molecule has 3 nitrogen and oxygen atoms in total. The third-order valence-corrected chi connectivity index (χ3v) is 5.43. The number of piperidine rings is 1. The number of nitrogens with zero attached hydrogens (tertiary/aromatic N) is 1. The maximum atomic E-state index is 12.2. The fourth-order valence-electron chi connectivity index (χ4n) is 3.93. The number of ketones is 1. The van der Waals surface area contributed by atoms with Crippen molar-refractivity contribution in [3.05, 3.63) is 35.4 Å². The van der Waals surface area contributed by atoms with Crippen molar-refractivity contribution in [2.24, 2.45) is 5.41 Å². The Morgan fingerprint density at radius 2 is 1.91 bits per heavy atom. The van der Waals surface area contributed by atoms with E-state index >= 15 is 0 Å². The van der Waals surface area contributed by atoms with Gasteiger partial charge in [-0.2, -0.15) is 0 Å². The molecule has 1 N–H and O–H groups in total. The molecule has 0 unspecified atom stereocenters. The molecule has 2 aliphatic rings. The molecule has 0 amide bonds. The van der Waals surface area contributed by atoms with Gasteiger partial charge in [-0.3, -0.25) is 4.79 Å². The standard InChI is InChI=1S/C19H28N2O/c1-16-4-6-17(7-5-16)18(22)3-2-13-21-14-10-19(15-21)8-11-20-12-9-19/h4-7,20H,2-3,8-15H2,1H3. The average molecular weight is 300 g/mol. The van der Waals surface area contributed by atoms with Crippen molar-refractivity contribution in [3.8, 4) is 0 Å². The van der Waals surface area contributed by atoms with E-state index in [1.54, 1.807) is 0 Å². The number of aryl methyl sites for hydroxylation is 1. The molecule has 0 saturated carbocycles. The lowest BCUT2D eigenvalue weighted by Gasteiger charge is -2.33. The van der Waals surface area contributed by atoms with Gasteiger partial charge < -0.3 is 10.2 Å². The zero-order chi connectivity index (χ0) is 15.4. The van der Waals surface area contributed by atoms with Gasteiger partial charge in [0.15, 0.2) is 5.78 Å². The summed E-state index contributed by atoms with van der Waals surface area (Å²) < 4.78 is 0. The van der Waals surface area contributed by atoms with Crippen molar-refractivity contribution in [2.45, 2.75) is 39.0 Å². The molecule has 0 aromatic heterocycles. The Hall–Kier alpha value is -1.19. The molecule has 3 rings (SSSR count). The highest BCUT2D eigenvalue weighted by molar-refractivity contribution is 5.96. The SMILES string of the molecule is Cc1ccc(C(=O)CCCN2CCC3(CCNCC3)C2)cc1. The van der Waals surface area contributed by atoms with Gasteiger partial charge in [-0.15, -0.1) is 0 Å². The first kappa shape index (κ1) is 15.7. The van der Waals surface area contributed by atoms with E-state index in [4.69, 9.17) is 0 Å². The zero-order valence-electron chi connectivity index (χ0n) is 13.7. The van der Waals surface area contributed by atoms with Gasteiger partial charge in [0, 0.05) is 18.5 Å². The number of carbonyl (C=O) groups excluding carboxylic acids is 1. The predicted molar refractivity (Wildman–Crippen MR) is 90.3 cm³/mol. The summed E-state index contributed by atoms with van der Waals surface area (Å²) in [6.07, 6.45) is 5.66. The van der Waals surface area contributed by atoms with Gasteiger partial charge in [0.05, 0.1) is 0 Å². The highest BCUT2D eigenvalue weighted by atomic mass is 16.1. The van der Waals surface area contributed by atoms with E-state index in [9.17, 15) is 4.79 Å². The van der Waals surface area contributed by atoms with Crippen molar-refractivity contribution in [1.29, 1.82) is 0 Å². The minimum atomic E-state index is 0.288. The van der Waals surface area contributed by atoms with E-state index in [-0.39, 0.29) is 5.78 Å². The minimum absolute atomic E-state index is 0.288. The van der Waals surface area contributed by atoms with Crippen LogP contribution >= 0.6 is 0 Å². The van der Waals surface area contributed by atoms with E-state index < -0.39 is 0 Å². The third kappa shape index (κ3) is 3.76. The smallest absolute Gasteiger partial charge is 0.162 e. The van der Waals surface area contributed by atoms with Gasteiger partial charge >= 0.3 is 0 Å². The quantitative estimate of drug-likeness (QED) is 0.848. The van der Waals surface area contributed by atoms with Crippen LogP contribution in [0.1, 0.15) is 48.0 Å². The van der Waals surface area contributed by atoms with Crippen molar-refractivity contribution in [1.82, 2.24) is 10.2 Å². The van der Waals surface area contributed by atoms with Crippen LogP contribution in [0.2, 0.25) is 0 Å². The largest absolute Gasteiger partial charge is 0.317 e. The van der Waals surface area contributed by atoms with Crippen LogP contribution in [0.3, 0.4) is 0 Å². The fourth-order valence-corrected chi connectivity index (χ4v) is 3.93. The summed E-state index contributed by atoms with van der Waals surface area (Å²) in [6, 6.07) is 7.96. The molecule has 2 heterocycles. The summed E-state index contributed by atoms with van der Waals surface area (Å²) in [5, 5.41) is 3.47. The number of nitrogens with one attached hydrogen (secondary N) is 1. The average Bonchev–Trinajstić information content (AvgIpc) is 2.91. The van der Waals surface area contributed by atoms with Crippen LogP contribution in [0, 0.1) is 12.3 Å². The third-order valence-electron chi connectivity index (χ3n) is 5.43. The molecule has 22 heavy (non-hydrogen) atoms. The molecule has 120 valence electrons. The minimum Gasteiger partial charge on any atom is -0.317 e. The predicted octanol–water partition coefficient (Wildman–Crippen LogP) is 3.03. The molecule has 2 aliphatic heterocycles. The molecular formula is C19H28N2O. The first-order chi connectivity index (χ1) is 10.7. The molecule has 1 spiro atoms. The Labute approximate surface area is 134 Å². The molecule has 0 aliphatic carbocycles. The van der Waals surface area contributed by atoms with Gasteiger partial charge in [-0.05, 0) is 64.2 Å². The Balaban J connectivity index is 1.42. The summed E-state index contributed by atoms with van der Waals surface area (Å²) >= 11 is 0. The van der Waals surface area contributed by atoms with Gasteiger partial charge in [-0.1, -0.05) is 29.8 Å². The van der Waals surface area contributed by atoms with Crippen LogP contribution in [0.25, 0.3) is 0 Å². The van der Waals surface area contributed by atoms with E-state index in [0.717, 1.165) is 18.5 Å². The number of rotatable bonds is 5. The maximum absolute atomic E-state index is 12.2. The lowest BCUT2D eigenvalue weighted by Crippen LogP contribution is -2.38. The van der Waals surface area contributed by atoms with Crippen molar-refractivity contribution < 1.29 is 4.79 Å². The molecule has 0 atom stereocenters. The maximum Gasteiger partial charge on any atom is 0.162 e. The second-order valence-corrected chi connectivity index (χ2v) is 7.17. The number of Topliss-reactive ketones (excluding diaryl/α,β-unsaturated/α-hetero) is 1. The van der Waals surface area contributed by atoms with Crippen molar-refractivity contribution in [2.75, 3.05) is 32.7 Å². The number of hydrogen-bond acceptors (Lipinski definition) is 3. The van der Waals surface area contributed by atoms with Crippen molar-refractivity contribution in [3.63, 3.8) is 0 Å². The van der Waals surface area contributed by atoms with Crippen LogP contribution in [-0.2, 0) is 0 Å². The highest BCUT2D eigenvalue weighted by Gasteiger charge is 2.38. The van der Waals surface area contributed by atoms with Crippen LogP contribution in [-0.4, -0.2) is 43.4 Å². The summed E-state index contributed by atoms with van der Waals surface area (Å²) in [4.78, 5) is 14.8. The highest BCUT2D eigenvalue weighted by Crippen LogP contribution is 2.38. The summed E-state index contributed by atoms with van der Waals surface area (Å²) in [7, 11) is 0. The molecule has 0 radical (unpaired) electrons. The summed E-state index contributed by atoms with van der Waals surface area (Å²) in [5.74, 6) is 0.288. The molecule has 1 aromatic rings. The second kappa shape index (κ2) is 6.93. The van der Waals surface area contributed by atoms with Crippen LogP contribution in [0.5, 0.6) is 0 Å². The molecule has 1 aromatic carbocycles. The Morgan fingerprint density at radius 3 is 2.64 bits per heavy atom. The fraction of sp³-hybridized carbons (Fsp3) is 0.632. The molecule has 3 heteroatoms. The zero-order valence-corrected chi connectivity index (χ0v) is 13.7. The summed E-state index contributed by atoms with van der Waals surface area (Å²) in [5.41, 5.74) is 2.65. The molecular weight excluding hydrogens is 272 g/mol. The Kier molecular flexibility index (Phi) is 4.94. The van der Waals surface area contributed by atoms with E-state index in [2.05, 4.69) is 17.1 Å².